The van der Waals surface area contributed by atoms with Crippen LogP contribution in [-0.2, 0) is 6.54 Å². The van der Waals surface area contributed by atoms with Crippen molar-refractivity contribution in [1.82, 2.24) is 4.98 Å². The lowest BCUT2D eigenvalue weighted by molar-refractivity contribution is 1.13. The maximum Gasteiger partial charge on any atom is 0.0751 e. The van der Waals surface area contributed by atoms with Crippen LogP contribution in [0.25, 0.3) is 10.9 Å². The molecule has 1 N–H and O–H groups in total. The zero-order valence-electron chi connectivity index (χ0n) is 12.2. The van der Waals surface area contributed by atoms with Crippen molar-refractivity contribution >= 4 is 32.5 Å². The smallest absolute Gasteiger partial charge is 0.0751 e. The van der Waals surface area contributed by atoms with Crippen LogP contribution >= 0.6 is 15.9 Å². The van der Waals surface area contributed by atoms with Gasteiger partial charge in [0.25, 0.3) is 0 Å². The van der Waals surface area contributed by atoms with Crippen LogP contribution in [0.2, 0.25) is 0 Å². The van der Waals surface area contributed by atoms with E-state index in [2.05, 4.69) is 76.5 Å². The van der Waals surface area contributed by atoms with Crippen molar-refractivity contribution in [2.75, 3.05) is 5.32 Å². The highest BCUT2D eigenvalue weighted by atomic mass is 79.9. The molecule has 0 unspecified atom stereocenters. The Balaban J connectivity index is 1.91. The molecule has 1 heterocycles. The monoisotopic (exact) mass is 340 g/mol. The average molecular weight is 341 g/mol. The highest BCUT2D eigenvalue weighted by Crippen LogP contribution is 2.26. The molecule has 106 valence electrons. The van der Waals surface area contributed by atoms with Crippen LogP contribution in [-0.4, -0.2) is 4.98 Å². The number of anilines is 1. The Bertz CT molecular complexity index is 768. The molecule has 3 aromatic rings. The Kier molecular flexibility index (Phi) is 3.93. The summed E-state index contributed by atoms with van der Waals surface area (Å²) in [5.41, 5.74) is 5.98. The molecule has 0 amide bonds. The van der Waals surface area contributed by atoms with E-state index >= 15 is 0 Å². The number of nitrogens with one attached hydrogen (secondary N) is 1. The fourth-order valence-corrected chi connectivity index (χ4v) is 3.37. The number of pyridine rings is 1. The standard InChI is InChI=1S/C18H17BrN2/c1-12-9-16(19)10-13(2)17(12)21-11-15-6-3-5-14-7-4-8-20-18(14)15/h3-10,21H,11H2,1-2H3. The summed E-state index contributed by atoms with van der Waals surface area (Å²) in [6.07, 6.45) is 1.85. The molecule has 2 aromatic carbocycles. The number of halogens is 1. The first-order chi connectivity index (χ1) is 10.1. The summed E-state index contributed by atoms with van der Waals surface area (Å²) in [6, 6.07) is 14.7. The third-order valence-electron chi connectivity index (χ3n) is 3.67. The van der Waals surface area contributed by atoms with Crippen LogP contribution < -0.4 is 5.32 Å². The first-order valence-electron chi connectivity index (χ1n) is 6.98. The number of para-hydroxylation sites is 1. The molecule has 0 radical (unpaired) electrons. The summed E-state index contributed by atoms with van der Waals surface area (Å²) >= 11 is 3.54. The summed E-state index contributed by atoms with van der Waals surface area (Å²) in [6.45, 7) is 5.03. The van der Waals surface area contributed by atoms with Gasteiger partial charge in [0.15, 0.2) is 0 Å². The van der Waals surface area contributed by atoms with Crippen molar-refractivity contribution in [2.45, 2.75) is 20.4 Å². The second kappa shape index (κ2) is 5.86. The zero-order chi connectivity index (χ0) is 14.8. The molecule has 0 bridgehead atoms. The molecule has 0 aliphatic rings. The Morgan fingerprint density at radius 2 is 1.76 bits per heavy atom. The van der Waals surface area contributed by atoms with Gasteiger partial charge in [-0.3, -0.25) is 4.98 Å². The maximum atomic E-state index is 4.50. The lowest BCUT2D eigenvalue weighted by Gasteiger charge is -2.14. The molecule has 3 heteroatoms. The predicted molar refractivity (Wildman–Crippen MR) is 92.7 cm³/mol. The van der Waals surface area contributed by atoms with Crippen LogP contribution in [0.4, 0.5) is 5.69 Å². The average Bonchev–Trinajstić information content (AvgIpc) is 2.46. The fraction of sp³-hybridized carbons (Fsp3) is 0.167. The van der Waals surface area contributed by atoms with E-state index < -0.39 is 0 Å². The third kappa shape index (κ3) is 2.93. The Hall–Kier alpha value is -1.87. The molecule has 21 heavy (non-hydrogen) atoms. The largest absolute Gasteiger partial charge is 0.380 e. The van der Waals surface area contributed by atoms with Crippen molar-refractivity contribution in [3.05, 3.63) is 69.8 Å². The Labute approximate surface area is 133 Å². The van der Waals surface area contributed by atoms with Gasteiger partial charge < -0.3 is 5.32 Å². The molecule has 1 aromatic heterocycles. The van der Waals surface area contributed by atoms with Crippen molar-refractivity contribution in [2.24, 2.45) is 0 Å². The number of fused-ring (bicyclic) bond motifs is 1. The van der Waals surface area contributed by atoms with Gasteiger partial charge in [0.1, 0.15) is 0 Å². The van der Waals surface area contributed by atoms with Gasteiger partial charge in [0, 0.05) is 28.3 Å². The Morgan fingerprint density at radius 3 is 2.52 bits per heavy atom. The lowest BCUT2D eigenvalue weighted by Crippen LogP contribution is -2.04. The first kappa shape index (κ1) is 14.1. The van der Waals surface area contributed by atoms with Crippen LogP contribution in [0.3, 0.4) is 0 Å². The van der Waals surface area contributed by atoms with Gasteiger partial charge in [-0.1, -0.05) is 40.2 Å². The van der Waals surface area contributed by atoms with Gasteiger partial charge in [-0.05, 0) is 48.7 Å². The number of nitrogens with zero attached hydrogens (tertiary/aromatic N) is 1. The van der Waals surface area contributed by atoms with E-state index in [0.29, 0.717) is 0 Å². The molecule has 0 aliphatic carbocycles. The van der Waals surface area contributed by atoms with E-state index in [9.17, 15) is 0 Å². The maximum absolute atomic E-state index is 4.50. The van der Waals surface area contributed by atoms with Gasteiger partial charge in [0.05, 0.1) is 5.52 Å². The van der Waals surface area contributed by atoms with Crippen molar-refractivity contribution in [3.63, 3.8) is 0 Å². The molecule has 0 saturated carbocycles. The van der Waals surface area contributed by atoms with E-state index in [1.807, 2.05) is 12.3 Å². The lowest BCUT2D eigenvalue weighted by atomic mass is 10.1. The number of hydrogen-bond acceptors (Lipinski definition) is 2. The molecule has 0 fully saturated rings. The third-order valence-corrected chi connectivity index (χ3v) is 4.13. The molecule has 2 nitrogen and oxygen atoms in total. The SMILES string of the molecule is Cc1cc(Br)cc(C)c1NCc1cccc2cccnc12. The number of aryl methyl sites for hydroxylation is 2. The van der Waals surface area contributed by atoms with Gasteiger partial charge in [-0.15, -0.1) is 0 Å². The van der Waals surface area contributed by atoms with Crippen LogP contribution in [0, 0.1) is 13.8 Å². The van der Waals surface area contributed by atoms with Gasteiger partial charge >= 0.3 is 0 Å². The number of hydrogen-bond donors (Lipinski definition) is 1. The number of rotatable bonds is 3. The summed E-state index contributed by atoms with van der Waals surface area (Å²) in [5, 5.41) is 4.74. The molecule has 0 aliphatic heterocycles. The molecule has 0 atom stereocenters. The highest BCUT2D eigenvalue weighted by Gasteiger charge is 2.06. The van der Waals surface area contributed by atoms with Gasteiger partial charge in [0.2, 0.25) is 0 Å². The zero-order valence-corrected chi connectivity index (χ0v) is 13.7. The van der Waals surface area contributed by atoms with E-state index in [0.717, 1.165) is 16.5 Å². The quantitative estimate of drug-likeness (QED) is 0.706. The minimum atomic E-state index is 0.775. The summed E-state index contributed by atoms with van der Waals surface area (Å²) in [4.78, 5) is 4.50. The number of aromatic nitrogens is 1. The van der Waals surface area contributed by atoms with Crippen LogP contribution in [0.1, 0.15) is 16.7 Å². The van der Waals surface area contributed by atoms with Gasteiger partial charge in [-0.25, -0.2) is 0 Å². The van der Waals surface area contributed by atoms with Crippen LogP contribution in [0.15, 0.2) is 53.1 Å². The van der Waals surface area contributed by atoms with E-state index in [-0.39, 0.29) is 0 Å². The van der Waals surface area contributed by atoms with E-state index in [1.54, 1.807) is 0 Å². The van der Waals surface area contributed by atoms with Crippen molar-refractivity contribution in [1.29, 1.82) is 0 Å². The summed E-state index contributed by atoms with van der Waals surface area (Å²) in [5.74, 6) is 0. The second-order valence-electron chi connectivity index (χ2n) is 5.26. The fourth-order valence-electron chi connectivity index (χ4n) is 2.68. The van der Waals surface area contributed by atoms with Crippen molar-refractivity contribution < 1.29 is 0 Å². The second-order valence-corrected chi connectivity index (χ2v) is 6.18. The Morgan fingerprint density at radius 1 is 1.05 bits per heavy atom. The normalized spacial score (nSPS) is 10.8. The topological polar surface area (TPSA) is 24.9 Å². The molecule has 0 spiro atoms. The first-order valence-corrected chi connectivity index (χ1v) is 7.77. The molecular weight excluding hydrogens is 324 g/mol. The highest BCUT2D eigenvalue weighted by molar-refractivity contribution is 9.10. The van der Waals surface area contributed by atoms with Gasteiger partial charge in [-0.2, -0.15) is 0 Å². The van der Waals surface area contributed by atoms with E-state index in [4.69, 9.17) is 0 Å². The minimum Gasteiger partial charge on any atom is -0.380 e. The minimum absolute atomic E-state index is 0.775. The summed E-state index contributed by atoms with van der Waals surface area (Å²) in [7, 11) is 0. The molecule has 3 rings (SSSR count). The number of benzene rings is 2. The predicted octanol–water partition coefficient (Wildman–Crippen LogP) is 5.23. The summed E-state index contributed by atoms with van der Waals surface area (Å²) < 4.78 is 1.12. The molecular formula is C18H17BrN2. The molecule has 0 saturated heterocycles. The van der Waals surface area contributed by atoms with Crippen LogP contribution in [0.5, 0.6) is 0 Å². The van der Waals surface area contributed by atoms with E-state index in [1.165, 1.54) is 27.8 Å². The van der Waals surface area contributed by atoms with Crippen molar-refractivity contribution in [3.8, 4) is 0 Å².